The first-order valence-corrected chi connectivity index (χ1v) is 8.00. The number of aromatic nitrogens is 1. The van der Waals surface area contributed by atoms with Crippen molar-refractivity contribution in [3.05, 3.63) is 29.6 Å². The van der Waals surface area contributed by atoms with E-state index in [1.165, 1.54) is 43.4 Å². The van der Waals surface area contributed by atoms with E-state index in [0.717, 1.165) is 13.0 Å². The molecular weight excluding hydrogens is 248 g/mol. The second-order valence-electron chi connectivity index (χ2n) is 6.30. The highest BCUT2D eigenvalue weighted by atomic mass is 16.5. The van der Waals surface area contributed by atoms with Gasteiger partial charge in [0.2, 0.25) is 0 Å². The Morgan fingerprint density at radius 2 is 2.35 bits per heavy atom. The number of pyridine rings is 1. The van der Waals surface area contributed by atoms with Crippen LogP contribution in [0, 0.1) is 0 Å². The van der Waals surface area contributed by atoms with Crippen molar-refractivity contribution in [3.63, 3.8) is 0 Å². The van der Waals surface area contributed by atoms with E-state index in [1.807, 2.05) is 13.3 Å². The monoisotopic (exact) mass is 274 g/mol. The molecule has 0 radical (unpaired) electrons. The lowest BCUT2D eigenvalue weighted by molar-refractivity contribution is -0.0849. The molecule has 0 saturated heterocycles. The van der Waals surface area contributed by atoms with E-state index in [1.54, 1.807) is 0 Å². The summed E-state index contributed by atoms with van der Waals surface area (Å²) in [5.74, 6) is 0.554. The van der Waals surface area contributed by atoms with Crippen LogP contribution in [0.3, 0.4) is 0 Å². The van der Waals surface area contributed by atoms with Crippen LogP contribution in [0.25, 0.3) is 0 Å². The van der Waals surface area contributed by atoms with Gasteiger partial charge in [-0.1, -0.05) is 13.0 Å². The van der Waals surface area contributed by atoms with Gasteiger partial charge in [-0.15, -0.1) is 0 Å². The van der Waals surface area contributed by atoms with E-state index in [2.05, 4.69) is 29.4 Å². The largest absolute Gasteiger partial charge is 0.378 e. The number of hydrogen-bond acceptors (Lipinski definition) is 3. The first kappa shape index (κ1) is 14.0. The molecule has 2 unspecified atom stereocenters. The first-order valence-electron chi connectivity index (χ1n) is 8.00. The Labute approximate surface area is 122 Å². The van der Waals surface area contributed by atoms with Crippen molar-refractivity contribution in [1.29, 1.82) is 0 Å². The van der Waals surface area contributed by atoms with Crippen LogP contribution in [0.1, 0.15) is 56.2 Å². The molecule has 3 rings (SSSR count). The fraction of sp³-hybridized carbons (Fsp3) is 0.706. The predicted molar refractivity (Wildman–Crippen MR) is 81.0 cm³/mol. The summed E-state index contributed by atoms with van der Waals surface area (Å²) >= 11 is 0. The van der Waals surface area contributed by atoms with E-state index >= 15 is 0 Å². The van der Waals surface area contributed by atoms with Gasteiger partial charge in [-0.3, -0.25) is 4.98 Å². The number of hydrogen-bond donors (Lipinski definition) is 1. The predicted octanol–water partition coefficient (Wildman–Crippen LogP) is 3.05. The number of fused-ring (bicyclic) bond motifs is 1. The lowest BCUT2D eigenvalue weighted by atomic mass is 9.73. The van der Waals surface area contributed by atoms with Gasteiger partial charge in [0, 0.05) is 31.0 Å². The fourth-order valence-corrected chi connectivity index (χ4v) is 3.92. The van der Waals surface area contributed by atoms with Gasteiger partial charge in [-0.05, 0) is 56.7 Å². The third kappa shape index (κ3) is 2.49. The minimum Gasteiger partial charge on any atom is -0.378 e. The molecule has 0 spiro atoms. The molecule has 0 amide bonds. The van der Waals surface area contributed by atoms with Crippen molar-refractivity contribution >= 4 is 0 Å². The van der Waals surface area contributed by atoms with Gasteiger partial charge in [0.15, 0.2) is 0 Å². The molecule has 2 aliphatic carbocycles. The molecule has 2 aliphatic rings. The van der Waals surface area contributed by atoms with Crippen molar-refractivity contribution < 1.29 is 4.74 Å². The summed E-state index contributed by atoms with van der Waals surface area (Å²) < 4.78 is 5.84. The van der Waals surface area contributed by atoms with Crippen LogP contribution in [-0.2, 0) is 11.2 Å². The Morgan fingerprint density at radius 1 is 1.50 bits per heavy atom. The standard InChI is InChI=1S/C17H26N2O/c1-3-18-15(12-17(20-2)9-5-10-17)14-8-7-13-6-4-11-19-16(13)14/h4,6,11,14-15,18H,3,5,7-10,12H2,1-2H3. The Bertz CT molecular complexity index is 451. The van der Waals surface area contributed by atoms with Crippen LogP contribution in [0.2, 0.25) is 0 Å². The molecule has 0 aromatic carbocycles. The molecule has 1 saturated carbocycles. The van der Waals surface area contributed by atoms with Crippen molar-refractivity contribution in [2.75, 3.05) is 13.7 Å². The number of aryl methyl sites for hydroxylation is 1. The Kier molecular flexibility index (Phi) is 4.08. The lowest BCUT2D eigenvalue weighted by Crippen LogP contribution is -2.47. The average Bonchev–Trinajstić information content (AvgIpc) is 2.85. The summed E-state index contributed by atoms with van der Waals surface area (Å²) in [5, 5.41) is 3.70. The van der Waals surface area contributed by atoms with Crippen molar-refractivity contribution in [3.8, 4) is 0 Å². The van der Waals surface area contributed by atoms with Gasteiger partial charge in [-0.25, -0.2) is 0 Å². The minimum atomic E-state index is 0.129. The van der Waals surface area contributed by atoms with Crippen LogP contribution >= 0.6 is 0 Å². The van der Waals surface area contributed by atoms with E-state index in [-0.39, 0.29) is 5.60 Å². The number of methoxy groups -OCH3 is 1. The Balaban J connectivity index is 1.78. The molecule has 110 valence electrons. The Hall–Kier alpha value is -0.930. The van der Waals surface area contributed by atoms with E-state index < -0.39 is 0 Å². The van der Waals surface area contributed by atoms with Gasteiger partial charge in [0.25, 0.3) is 0 Å². The Morgan fingerprint density at radius 3 is 3.00 bits per heavy atom. The second-order valence-corrected chi connectivity index (χ2v) is 6.30. The molecule has 20 heavy (non-hydrogen) atoms. The third-order valence-electron chi connectivity index (χ3n) is 5.24. The van der Waals surface area contributed by atoms with Gasteiger partial charge >= 0.3 is 0 Å². The smallest absolute Gasteiger partial charge is 0.0693 e. The summed E-state index contributed by atoms with van der Waals surface area (Å²) in [6.07, 6.45) is 9.21. The van der Waals surface area contributed by atoms with E-state index in [9.17, 15) is 0 Å². The average molecular weight is 274 g/mol. The molecular formula is C17H26N2O. The summed E-state index contributed by atoms with van der Waals surface area (Å²) in [7, 11) is 1.88. The summed E-state index contributed by atoms with van der Waals surface area (Å²) in [6.45, 7) is 3.21. The molecule has 3 nitrogen and oxygen atoms in total. The highest BCUT2D eigenvalue weighted by molar-refractivity contribution is 5.30. The quantitative estimate of drug-likeness (QED) is 0.865. The molecule has 2 atom stereocenters. The molecule has 1 N–H and O–H groups in total. The van der Waals surface area contributed by atoms with E-state index in [4.69, 9.17) is 4.74 Å². The summed E-state index contributed by atoms with van der Waals surface area (Å²) in [5.41, 5.74) is 2.90. The molecule has 1 heterocycles. The topological polar surface area (TPSA) is 34.1 Å². The van der Waals surface area contributed by atoms with Crippen molar-refractivity contribution in [2.45, 2.75) is 63.0 Å². The fourth-order valence-electron chi connectivity index (χ4n) is 3.92. The maximum Gasteiger partial charge on any atom is 0.0693 e. The van der Waals surface area contributed by atoms with E-state index in [0.29, 0.717) is 12.0 Å². The number of ether oxygens (including phenoxy) is 1. The number of rotatable bonds is 6. The minimum absolute atomic E-state index is 0.129. The number of likely N-dealkylation sites (N-methyl/N-ethyl adjacent to an activating group) is 1. The first-order chi connectivity index (χ1) is 9.78. The molecule has 1 aromatic rings. The van der Waals surface area contributed by atoms with Crippen LogP contribution < -0.4 is 5.32 Å². The van der Waals surface area contributed by atoms with Crippen molar-refractivity contribution in [1.82, 2.24) is 10.3 Å². The zero-order valence-corrected chi connectivity index (χ0v) is 12.7. The van der Waals surface area contributed by atoms with Crippen LogP contribution in [0.15, 0.2) is 18.3 Å². The van der Waals surface area contributed by atoms with Gasteiger partial charge in [0.1, 0.15) is 0 Å². The van der Waals surface area contributed by atoms with Gasteiger partial charge in [-0.2, -0.15) is 0 Å². The third-order valence-corrected chi connectivity index (χ3v) is 5.24. The van der Waals surface area contributed by atoms with Crippen molar-refractivity contribution in [2.24, 2.45) is 0 Å². The molecule has 1 fully saturated rings. The molecule has 3 heteroatoms. The molecule has 0 bridgehead atoms. The SMILES string of the molecule is CCNC(CC1(OC)CCC1)C1CCc2cccnc21. The van der Waals surface area contributed by atoms with Crippen LogP contribution in [0.4, 0.5) is 0 Å². The van der Waals surface area contributed by atoms with Gasteiger partial charge in [0.05, 0.1) is 5.60 Å². The van der Waals surface area contributed by atoms with Gasteiger partial charge < -0.3 is 10.1 Å². The molecule has 1 aromatic heterocycles. The summed E-state index contributed by atoms with van der Waals surface area (Å²) in [6, 6.07) is 4.80. The zero-order chi connectivity index (χ0) is 14.0. The normalized spacial score (nSPS) is 25.0. The number of nitrogens with zero attached hydrogens (tertiary/aromatic N) is 1. The zero-order valence-electron chi connectivity index (χ0n) is 12.7. The number of nitrogens with one attached hydrogen (secondary N) is 1. The highest BCUT2D eigenvalue weighted by Crippen LogP contribution is 2.43. The molecule has 0 aliphatic heterocycles. The highest BCUT2D eigenvalue weighted by Gasteiger charge is 2.42. The second kappa shape index (κ2) is 5.82. The summed E-state index contributed by atoms with van der Waals surface area (Å²) in [4.78, 5) is 4.66. The van der Waals surface area contributed by atoms with Crippen LogP contribution in [-0.4, -0.2) is 30.3 Å². The maximum atomic E-state index is 5.84. The lowest BCUT2D eigenvalue weighted by Gasteiger charge is -2.44. The van der Waals surface area contributed by atoms with Crippen LogP contribution in [0.5, 0.6) is 0 Å². The maximum absolute atomic E-state index is 5.84.